The van der Waals surface area contributed by atoms with Crippen LogP contribution in [0.2, 0.25) is 5.02 Å². The van der Waals surface area contributed by atoms with Crippen LogP contribution in [0.25, 0.3) is 11.4 Å². The number of hydrogen-bond acceptors (Lipinski definition) is 7. The Morgan fingerprint density at radius 1 is 1.04 bits per heavy atom. The second kappa shape index (κ2) is 8.41. The molecule has 3 aromatic rings. The number of rotatable bonds is 7. The minimum Gasteiger partial charge on any atom is -0.493 e. The summed E-state index contributed by atoms with van der Waals surface area (Å²) in [6, 6.07) is 11.2. The highest BCUT2D eigenvalue weighted by Crippen LogP contribution is 2.41. The van der Waals surface area contributed by atoms with Crippen molar-refractivity contribution >= 4 is 23.4 Å². The molecule has 142 valence electrons. The first kappa shape index (κ1) is 19.2. The summed E-state index contributed by atoms with van der Waals surface area (Å²) in [6.07, 6.45) is 0. The van der Waals surface area contributed by atoms with Crippen LogP contribution in [-0.4, -0.2) is 36.2 Å². The summed E-state index contributed by atoms with van der Waals surface area (Å²) >= 11 is 7.49. The molecule has 1 heterocycles. The molecule has 0 saturated heterocycles. The fourth-order valence-corrected chi connectivity index (χ4v) is 3.57. The Morgan fingerprint density at radius 3 is 2.33 bits per heavy atom. The Kier molecular flexibility index (Phi) is 5.98. The van der Waals surface area contributed by atoms with E-state index in [1.807, 2.05) is 24.3 Å². The van der Waals surface area contributed by atoms with Crippen molar-refractivity contribution in [3.63, 3.8) is 0 Å². The Balaban J connectivity index is 1.88. The van der Waals surface area contributed by atoms with Gasteiger partial charge in [0.15, 0.2) is 17.3 Å². The molecule has 2 aromatic carbocycles. The third kappa shape index (κ3) is 4.06. The number of nitrogen functional groups attached to an aromatic ring is 1. The smallest absolute Gasteiger partial charge is 0.210 e. The molecule has 0 spiro atoms. The zero-order valence-corrected chi connectivity index (χ0v) is 16.7. The molecular weight excluding hydrogens is 388 g/mol. The Bertz CT molecular complexity index is 923. The summed E-state index contributed by atoms with van der Waals surface area (Å²) in [4.78, 5) is 0. The molecule has 0 amide bonds. The quantitative estimate of drug-likeness (QED) is 0.473. The fourth-order valence-electron chi connectivity index (χ4n) is 2.56. The average Bonchev–Trinajstić information content (AvgIpc) is 3.05. The van der Waals surface area contributed by atoms with Crippen molar-refractivity contribution in [2.45, 2.75) is 10.9 Å². The van der Waals surface area contributed by atoms with E-state index in [-0.39, 0.29) is 0 Å². The summed E-state index contributed by atoms with van der Waals surface area (Å²) < 4.78 is 17.5. The van der Waals surface area contributed by atoms with Gasteiger partial charge in [0.25, 0.3) is 0 Å². The first-order chi connectivity index (χ1) is 13.1. The van der Waals surface area contributed by atoms with Gasteiger partial charge in [-0.2, -0.15) is 0 Å². The normalized spacial score (nSPS) is 10.7. The summed E-state index contributed by atoms with van der Waals surface area (Å²) in [5, 5.41) is 9.68. The third-order valence-corrected chi connectivity index (χ3v) is 5.09. The molecule has 0 bridgehead atoms. The molecule has 7 nitrogen and oxygen atoms in total. The molecule has 0 atom stereocenters. The van der Waals surface area contributed by atoms with Crippen molar-refractivity contribution < 1.29 is 14.2 Å². The van der Waals surface area contributed by atoms with Gasteiger partial charge in [-0.1, -0.05) is 35.5 Å². The molecule has 2 N–H and O–H groups in total. The highest BCUT2D eigenvalue weighted by molar-refractivity contribution is 7.98. The fraction of sp³-hybridized carbons (Fsp3) is 0.222. The highest BCUT2D eigenvalue weighted by Gasteiger charge is 2.18. The summed E-state index contributed by atoms with van der Waals surface area (Å²) in [7, 11) is 4.66. The number of hydrogen-bond donors (Lipinski definition) is 1. The number of methoxy groups -OCH3 is 3. The van der Waals surface area contributed by atoms with Crippen molar-refractivity contribution in [2.75, 3.05) is 27.2 Å². The zero-order valence-electron chi connectivity index (χ0n) is 15.1. The maximum Gasteiger partial charge on any atom is 0.210 e. The molecule has 27 heavy (non-hydrogen) atoms. The number of ether oxygens (including phenoxy) is 3. The molecule has 0 radical (unpaired) electrons. The van der Waals surface area contributed by atoms with E-state index in [1.54, 1.807) is 33.5 Å². The van der Waals surface area contributed by atoms with Gasteiger partial charge in [0.05, 0.1) is 21.3 Å². The predicted molar refractivity (Wildman–Crippen MR) is 106 cm³/mol. The SMILES string of the molecule is COc1cc(-c2nnc(SCc3cccc(Cl)c3)n2N)cc(OC)c1OC. The summed E-state index contributed by atoms with van der Waals surface area (Å²) in [5.41, 5.74) is 1.78. The van der Waals surface area contributed by atoms with Gasteiger partial charge in [0.1, 0.15) is 0 Å². The van der Waals surface area contributed by atoms with Gasteiger partial charge < -0.3 is 20.1 Å². The van der Waals surface area contributed by atoms with Crippen molar-refractivity contribution in [3.8, 4) is 28.6 Å². The lowest BCUT2D eigenvalue weighted by atomic mass is 10.1. The first-order valence-electron chi connectivity index (χ1n) is 7.95. The summed E-state index contributed by atoms with van der Waals surface area (Å²) in [6.45, 7) is 0. The number of nitrogens with two attached hydrogens (primary N) is 1. The van der Waals surface area contributed by atoms with Crippen LogP contribution in [-0.2, 0) is 5.75 Å². The van der Waals surface area contributed by atoms with E-state index in [1.165, 1.54) is 16.4 Å². The van der Waals surface area contributed by atoms with E-state index >= 15 is 0 Å². The standard InChI is InChI=1S/C18H19ClN4O3S/c1-24-14-8-12(9-15(25-2)16(14)26-3)17-21-22-18(23(17)20)27-10-11-5-4-6-13(19)7-11/h4-9H,10,20H2,1-3H3. The van der Waals surface area contributed by atoms with Crippen molar-refractivity contribution in [1.29, 1.82) is 0 Å². The number of thioether (sulfide) groups is 1. The predicted octanol–water partition coefficient (Wildman–Crippen LogP) is 3.63. The lowest BCUT2D eigenvalue weighted by Crippen LogP contribution is -2.11. The molecule has 0 aliphatic heterocycles. The van der Waals surface area contributed by atoms with Gasteiger partial charge >= 0.3 is 0 Å². The van der Waals surface area contributed by atoms with Crippen molar-refractivity contribution in [1.82, 2.24) is 14.9 Å². The number of aromatic nitrogens is 3. The zero-order chi connectivity index (χ0) is 19.4. The van der Waals surface area contributed by atoms with E-state index in [0.717, 1.165) is 5.56 Å². The van der Waals surface area contributed by atoms with Gasteiger partial charge in [-0.15, -0.1) is 10.2 Å². The number of halogens is 1. The molecule has 0 saturated carbocycles. The monoisotopic (exact) mass is 406 g/mol. The molecular formula is C18H19ClN4O3S. The lowest BCUT2D eigenvalue weighted by molar-refractivity contribution is 0.324. The van der Waals surface area contributed by atoms with Crippen LogP contribution in [0.3, 0.4) is 0 Å². The Hall–Kier alpha value is -2.58. The Morgan fingerprint density at radius 2 is 1.74 bits per heavy atom. The van der Waals surface area contributed by atoms with E-state index in [4.69, 9.17) is 31.7 Å². The van der Waals surface area contributed by atoms with E-state index in [9.17, 15) is 0 Å². The maximum absolute atomic E-state index is 6.21. The van der Waals surface area contributed by atoms with Crippen LogP contribution < -0.4 is 20.1 Å². The molecule has 0 fully saturated rings. The maximum atomic E-state index is 6.21. The van der Waals surface area contributed by atoms with E-state index < -0.39 is 0 Å². The largest absolute Gasteiger partial charge is 0.493 e. The molecule has 0 aliphatic rings. The van der Waals surface area contributed by atoms with Crippen LogP contribution in [0, 0.1) is 0 Å². The van der Waals surface area contributed by atoms with E-state index in [0.29, 0.717) is 44.6 Å². The molecule has 3 rings (SSSR count). The van der Waals surface area contributed by atoms with Crippen LogP contribution in [0.1, 0.15) is 5.56 Å². The van der Waals surface area contributed by atoms with Crippen molar-refractivity contribution in [3.05, 3.63) is 47.0 Å². The first-order valence-corrected chi connectivity index (χ1v) is 9.31. The summed E-state index contributed by atoms with van der Waals surface area (Å²) in [5.74, 6) is 8.91. The van der Waals surface area contributed by atoms with Gasteiger partial charge in [0, 0.05) is 16.3 Å². The second-order valence-electron chi connectivity index (χ2n) is 5.51. The second-order valence-corrected chi connectivity index (χ2v) is 6.89. The number of nitrogens with zero attached hydrogens (tertiary/aromatic N) is 3. The average molecular weight is 407 g/mol. The molecule has 0 unspecified atom stereocenters. The molecule has 0 aliphatic carbocycles. The van der Waals surface area contributed by atoms with Gasteiger partial charge in [0.2, 0.25) is 10.9 Å². The minimum atomic E-state index is 0.489. The van der Waals surface area contributed by atoms with Gasteiger partial charge in [-0.25, -0.2) is 4.68 Å². The van der Waals surface area contributed by atoms with Crippen molar-refractivity contribution in [2.24, 2.45) is 0 Å². The van der Waals surface area contributed by atoms with Crippen LogP contribution >= 0.6 is 23.4 Å². The lowest BCUT2D eigenvalue weighted by Gasteiger charge is -2.13. The molecule has 9 heteroatoms. The van der Waals surface area contributed by atoms with E-state index in [2.05, 4.69) is 10.2 Å². The van der Waals surface area contributed by atoms with Crippen LogP contribution in [0.5, 0.6) is 17.2 Å². The third-order valence-electron chi connectivity index (χ3n) is 3.84. The number of benzene rings is 2. The van der Waals surface area contributed by atoms with Gasteiger partial charge in [-0.3, -0.25) is 0 Å². The topological polar surface area (TPSA) is 84.4 Å². The molecule has 1 aromatic heterocycles. The minimum absolute atomic E-state index is 0.489. The van der Waals surface area contributed by atoms with Crippen LogP contribution in [0.15, 0.2) is 41.6 Å². The highest BCUT2D eigenvalue weighted by atomic mass is 35.5. The van der Waals surface area contributed by atoms with Crippen LogP contribution in [0.4, 0.5) is 0 Å². The van der Waals surface area contributed by atoms with Gasteiger partial charge in [-0.05, 0) is 29.8 Å². The Labute approximate surface area is 166 Å².